The maximum absolute atomic E-state index is 10.8. The lowest BCUT2D eigenvalue weighted by atomic mass is 10.4. The molecule has 0 fully saturated rings. The Bertz CT molecular complexity index is 325. The van der Waals surface area contributed by atoms with Crippen molar-refractivity contribution in [2.45, 2.75) is 11.9 Å². The van der Waals surface area contributed by atoms with Crippen LogP contribution in [-0.2, 0) is 9.92 Å². The number of H-pyrrole nitrogens is 1. The summed E-state index contributed by atoms with van der Waals surface area (Å²) in [6, 6.07) is 0. The molecule has 0 saturated heterocycles. The van der Waals surface area contributed by atoms with Crippen molar-refractivity contribution in [1.82, 2.24) is 10.2 Å². The Labute approximate surface area is 58.7 Å². The van der Waals surface area contributed by atoms with E-state index >= 15 is 0 Å². The van der Waals surface area contributed by atoms with Crippen LogP contribution in [0.5, 0.6) is 0 Å². The van der Waals surface area contributed by atoms with Gasteiger partial charge in [-0.15, -0.1) is 0 Å². The van der Waals surface area contributed by atoms with E-state index < -0.39 is 9.92 Å². The third-order valence-corrected chi connectivity index (χ3v) is 2.06. The maximum atomic E-state index is 10.8. The van der Waals surface area contributed by atoms with Crippen LogP contribution in [0.25, 0.3) is 0 Å². The fourth-order valence-electron chi connectivity index (χ4n) is 0.645. The second-order valence-corrected chi connectivity index (χ2v) is 3.56. The molecule has 1 aromatic rings. The van der Waals surface area contributed by atoms with E-state index in [2.05, 4.69) is 10.2 Å². The lowest BCUT2D eigenvalue weighted by Gasteiger charge is -1.93. The van der Waals surface area contributed by atoms with Gasteiger partial charge in [-0.3, -0.25) is 5.10 Å². The minimum absolute atomic E-state index is 0.132. The number of aromatic nitrogens is 2. The van der Waals surface area contributed by atoms with Gasteiger partial charge in [0, 0.05) is 11.8 Å². The van der Waals surface area contributed by atoms with Crippen LogP contribution in [0.2, 0.25) is 0 Å². The predicted octanol–water partition coefficient (Wildman–Crippen LogP) is -0.00251. The van der Waals surface area contributed by atoms with E-state index in [1.165, 1.54) is 0 Å². The lowest BCUT2D eigenvalue weighted by Crippen LogP contribution is -2.11. The van der Waals surface area contributed by atoms with E-state index in [1.54, 1.807) is 13.1 Å². The highest BCUT2D eigenvalue weighted by molar-refractivity contribution is 7.90. The zero-order valence-electron chi connectivity index (χ0n) is 5.42. The van der Waals surface area contributed by atoms with E-state index in [0.717, 1.165) is 0 Å². The predicted molar refractivity (Wildman–Crippen MR) is 36.6 cm³/mol. The Morgan fingerprint density at radius 1 is 1.90 bits per heavy atom. The van der Waals surface area contributed by atoms with Gasteiger partial charge >= 0.3 is 0 Å². The zero-order chi connectivity index (χ0) is 7.78. The van der Waals surface area contributed by atoms with E-state index in [4.69, 9.17) is 9.92 Å². The normalized spacial score (nSPS) is 16.6. The summed E-state index contributed by atoms with van der Waals surface area (Å²) in [6.07, 6.45) is 1.55. The molecule has 1 unspecified atom stereocenters. The van der Waals surface area contributed by atoms with Crippen molar-refractivity contribution < 1.29 is 4.21 Å². The smallest absolute Gasteiger partial charge is 0.174 e. The molecule has 0 spiro atoms. The van der Waals surface area contributed by atoms with Crippen LogP contribution in [0.15, 0.2) is 11.2 Å². The standard InChI is InChI=1S/C4H8N4OS/c1-3-2-7-8-4(3)10(5,6)9/h2H,1H3,(H,7,8)(H3,5,6,9). The number of nitrogens with two attached hydrogens (primary N) is 1. The number of hydrogen-bond acceptors (Lipinski definition) is 3. The number of nitrogens with zero attached hydrogens (tertiary/aromatic N) is 1. The van der Waals surface area contributed by atoms with Crippen molar-refractivity contribution in [3.63, 3.8) is 0 Å². The van der Waals surface area contributed by atoms with Gasteiger partial charge in [0.15, 0.2) is 14.9 Å². The quantitative estimate of drug-likeness (QED) is 0.539. The molecule has 56 valence electrons. The molecule has 0 aliphatic heterocycles. The molecular formula is C4H8N4OS. The average molecular weight is 160 g/mol. The first-order valence-electron chi connectivity index (χ1n) is 2.59. The van der Waals surface area contributed by atoms with Gasteiger partial charge in [0.1, 0.15) is 0 Å². The van der Waals surface area contributed by atoms with Crippen molar-refractivity contribution in [2.75, 3.05) is 0 Å². The van der Waals surface area contributed by atoms with E-state index in [0.29, 0.717) is 5.56 Å². The molecule has 1 atom stereocenters. The van der Waals surface area contributed by atoms with Crippen molar-refractivity contribution >= 4 is 9.92 Å². The molecule has 0 aliphatic rings. The van der Waals surface area contributed by atoms with Crippen LogP contribution in [0.3, 0.4) is 0 Å². The van der Waals surface area contributed by atoms with Gasteiger partial charge in [0.25, 0.3) is 0 Å². The number of rotatable bonds is 1. The molecule has 4 N–H and O–H groups in total. The first-order chi connectivity index (χ1) is 4.52. The molecule has 0 bridgehead atoms. The number of hydrogen-bond donors (Lipinski definition) is 3. The molecule has 0 aliphatic carbocycles. The van der Waals surface area contributed by atoms with E-state index in [1.807, 2.05) is 0 Å². The van der Waals surface area contributed by atoms with Crippen LogP contribution >= 0.6 is 0 Å². The Morgan fingerprint density at radius 3 is 2.70 bits per heavy atom. The van der Waals surface area contributed by atoms with Gasteiger partial charge in [-0.25, -0.2) is 14.1 Å². The zero-order valence-corrected chi connectivity index (χ0v) is 6.23. The Balaban J connectivity index is 3.32. The second-order valence-electron chi connectivity index (χ2n) is 1.97. The van der Waals surface area contributed by atoms with Gasteiger partial charge in [-0.05, 0) is 6.92 Å². The average Bonchev–Trinajstić information content (AvgIpc) is 2.11. The first-order valence-corrected chi connectivity index (χ1v) is 4.21. The van der Waals surface area contributed by atoms with Crippen LogP contribution in [-0.4, -0.2) is 14.4 Å². The summed E-state index contributed by atoms with van der Waals surface area (Å²) in [5, 5.41) is 11.2. The topological polar surface area (TPSA) is 95.6 Å². The Morgan fingerprint density at radius 2 is 2.50 bits per heavy atom. The van der Waals surface area contributed by atoms with Crippen molar-refractivity contribution in [3.05, 3.63) is 11.8 Å². The van der Waals surface area contributed by atoms with Crippen LogP contribution in [0.4, 0.5) is 0 Å². The molecule has 0 saturated carbocycles. The summed E-state index contributed by atoms with van der Waals surface area (Å²) in [5.74, 6) is 0. The third kappa shape index (κ3) is 1.17. The van der Waals surface area contributed by atoms with Gasteiger partial charge in [0.2, 0.25) is 0 Å². The summed E-state index contributed by atoms with van der Waals surface area (Å²) in [5.41, 5.74) is 0.655. The fraction of sp³-hybridized carbons (Fsp3) is 0.250. The third-order valence-electron chi connectivity index (χ3n) is 1.07. The monoisotopic (exact) mass is 160 g/mol. The lowest BCUT2D eigenvalue weighted by molar-refractivity contribution is 0.671. The SMILES string of the molecule is Cc1c[nH]nc1S(=N)(N)=O. The van der Waals surface area contributed by atoms with Crippen LogP contribution in [0, 0.1) is 11.7 Å². The highest BCUT2D eigenvalue weighted by atomic mass is 32.2. The molecule has 1 aromatic heterocycles. The summed E-state index contributed by atoms with van der Waals surface area (Å²) in [6.45, 7) is 1.69. The molecule has 0 radical (unpaired) electrons. The minimum Gasteiger partial charge on any atom is -0.284 e. The molecule has 10 heavy (non-hydrogen) atoms. The highest BCUT2D eigenvalue weighted by Crippen LogP contribution is 2.06. The second kappa shape index (κ2) is 2.06. The van der Waals surface area contributed by atoms with Crippen molar-refractivity contribution in [2.24, 2.45) is 5.14 Å². The van der Waals surface area contributed by atoms with E-state index in [9.17, 15) is 4.21 Å². The van der Waals surface area contributed by atoms with E-state index in [-0.39, 0.29) is 5.03 Å². The first kappa shape index (κ1) is 7.23. The van der Waals surface area contributed by atoms with Gasteiger partial charge in [-0.1, -0.05) is 0 Å². The fourth-order valence-corrected chi connectivity index (χ4v) is 1.37. The van der Waals surface area contributed by atoms with Gasteiger partial charge in [-0.2, -0.15) is 5.10 Å². The van der Waals surface area contributed by atoms with Crippen molar-refractivity contribution in [3.8, 4) is 0 Å². The molecule has 6 heteroatoms. The molecule has 0 amide bonds. The minimum atomic E-state index is -3.13. The number of aromatic amines is 1. The van der Waals surface area contributed by atoms with Crippen LogP contribution in [0.1, 0.15) is 5.56 Å². The summed E-state index contributed by atoms with van der Waals surface area (Å²) < 4.78 is 17.8. The molecule has 1 rings (SSSR count). The summed E-state index contributed by atoms with van der Waals surface area (Å²) in [4.78, 5) is 0. The molecular weight excluding hydrogens is 152 g/mol. The maximum Gasteiger partial charge on any atom is 0.174 e. The Hall–Kier alpha value is -0.880. The summed E-state index contributed by atoms with van der Waals surface area (Å²) >= 11 is 0. The van der Waals surface area contributed by atoms with Gasteiger partial charge < -0.3 is 0 Å². The Kier molecular flexibility index (Phi) is 1.49. The molecule has 0 aromatic carbocycles. The highest BCUT2D eigenvalue weighted by Gasteiger charge is 2.09. The molecule has 1 heterocycles. The van der Waals surface area contributed by atoms with Crippen LogP contribution < -0.4 is 5.14 Å². The number of aryl methyl sites for hydroxylation is 1. The number of nitrogens with one attached hydrogen (secondary N) is 2. The van der Waals surface area contributed by atoms with Crippen molar-refractivity contribution in [1.29, 1.82) is 4.78 Å². The van der Waals surface area contributed by atoms with Gasteiger partial charge in [0.05, 0.1) is 0 Å². The largest absolute Gasteiger partial charge is 0.284 e. The summed E-state index contributed by atoms with van der Waals surface area (Å²) in [7, 11) is -3.13. The molecule has 5 nitrogen and oxygen atoms in total.